The molecule has 2 N–H and O–H groups in total. The molecule has 1 heterocycles. The van der Waals surface area contributed by atoms with E-state index in [0.717, 1.165) is 18.4 Å². The van der Waals surface area contributed by atoms with Gasteiger partial charge < -0.3 is 10.2 Å². The zero-order valence-corrected chi connectivity index (χ0v) is 18.9. The van der Waals surface area contributed by atoms with Gasteiger partial charge in [-0.3, -0.25) is 9.59 Å². The van der Waals surface area contributed by atoms with Crippen molar-refractivity contribution in [2.24, 2.45) is 17.8 Å². The zero-order valence-electron chi connectivity index (χ0n) is 18.1. The summed E-state index contributed by atoms with van der Waals surface area (Å²) in [6.07, 6.45) is 3.84. The molecule has 2 atom stereocenters. The summed E-state index contributed by atoms with van der Waals surface area (Å²) >= 11 is 0. The molecule has 7 nitrogen and oxygen atoms in total. The van der Waals surface area contributed by atoms with Crippen LogP contribution in [0.3, 0.4) is 0 Å². The second-order valence-electron chi connectivity index (χ2n) is 8.97. The average Bonchev–Trinajstić information content (AvgIpc) is 3.54. The maximum absolute atomic E-state index is 13.2. The van der Waals surface area contributed by atoms with Crippen molar-refractivity contribution in [3.05, 3.63) is 29.8 Å². The predicted octanol–water partition coefficient (Wildman–Crippen LogP) is 2.06. The Balaban J connectivity index is 1.66. The van der Waals surface area contributed by atoms with Crippen molar-refractivity contribution in [1.29, 1.82) is 0 Å². The Labute approximate surface area is 179 Å². The van der Waals surface area contributed by atoms with E-state index < -0.39 is 16.1 Å². The van der Waals surface area contributed by atoms with Gasteiger partial charge in [0.05, 0.1) is 10.8 Å². The molecule has 30 heavy (non-hydrogen) atoms. The molecular formula is C22H33N3O4S. The number of sulfonamides is 1. The van der Waals surface area contributed by atoms with E-state index >= 15 is 0 Å². The van der Waals surface area contributed by atoms with E-state index in [1.807, 2.05) is 20.8 Å². The first-order valence-corrected chi connectivity index (χ1v) is 12.3. The molecule has 1 aliphatic heterocycles. The highest BCUT2D eigenvalue weighted by molar-refractivity contribution is 7.89. The molecule has 8 heteroatoms. The summed E-state index contributed by atoms with van der Waals surface area (Å²) in [4.78, 5) is 27.5. The van der Waals surface area contributed by atoms with Gasteiger partial charge in [0.25, 0.3) is 0 Å². The number of hydrogen-bond donors (Lipinski definition) is 2. The zero-order chi connectivity index (χ0) is 21.9. The molecule has 3 rings (SSSR count). The number of likely N-dealkylation sites (tertiary alicyclic amines) is 1. The third-order valence-corrected chi connectivity index (χ3v) is 7.37. The van der Waals surface area contributed by atoms with Gasteiger partial charge >= 0.3 is 0 Å². The molecule has 0 bridgehead atoms. The minimum atomic E-state index is -3.82. The summed E-state index contributed by atoms with van der Waals surface area (Å²) in [5.74, 6) is -0.109. The first-order chi connectivity index (χ1) is 14.2. The van der Waals surface area contributed by atoms with Gasteiger partial charge in [-0.05, 0) is 56.6 Å². The molecule has 1 saturated heterocycles. The predicted molar refractivity (Wildman–Crippen MR) is 115 cm³/mol. The third-order valence-electron chi connectivity index (χ3n) is 5.91. The number of piperidine rings is 1. The van der Waals surface area contributed by atoms with Gasteiger partial charge in [-0.25, -0.2) is 8.42 Å². The van der Waals surface area contributed by atoms with Crippen LogP contribution in [0.4, 0.5) is 0 Å². The van der Waals surface area contributed by atoms with E-state index in [4.69, 9.17) is 0 Å². The number of carbonyl (C=O) groups excluding carboxylic acids is 2. The highest BCUT2D eigenvalue weighted by Crippen LogP contribution is 2.28. The van der Waals surface area contributed by atoms with Crippen molar-refractivity contribution < 1.29 is 18.0 Å². The molecule has 1 aromatic rings. The molecule has 0 aromatic heterocycles. The van der Waals surface area contributed by atoms with E-state index in [9.17, 15) is 18.0 Å². The van der Waals surface area contributed by atoms with Gasteiger partial charge in [-0.15, -0.1) is 0 Å². The first kappa shape index (κ1) is 22.7. The van der Waals surface area contributed by atoms with Crippen molar-refractivity contribution in [3.63, 3.8) is 0 Å². The smallest absolute Gasteiger partial charge is 0.241 e. The van der Waals surface area contributed by atoms with E-state index in [1.54, 1.807) is 29.2 Å². The molecule has 2 aliphatic rings. The van der Waals surface area contributed by atoms with Crippen LogP contribution in [-0.4, -0.2) is 50.8 Å². The summed E-state index contributed by atoms with van der Waals surface area (Å²) in [5, 5.41) is 3.00. The van der Waals surface area contributed by atoms with Gasteiger partial charge in [-0.1, -0.05) is 31.5 Å². The van der Waals surface area contributed by atoms with Crippen LogP contribution < -0.4 is 10.0 Å². The Morgan fingerprint density at radius 3 is 2.40 bits per heavy atom. The van der Waals surface area contributed by atoms with Crippen molar-refractivity contribution in [1.82, 2.24) is 14.9 Å². The quantitative estimate of drug-likeness (QED) is 0.653. The Bertz CT molecular complexity index is 863. The van der Waals surface area contributed by atoms with Gasteiger partial charge in [0.15, 0.2) is 0 Å². The minimum absolute atomic E-state index is 0.000679. The Morgan fingerprint density at radius 1 is 1.13 bits per heavy atom. The highest BCUT2D eigenvalue weighted by atomic mass is 32.2. The fourth-order valence-corrected chi connectivity index (χ4v) is 5.06. The number of amides is 2. The number of rotatable bonds is 8. The van der Waals surface area contributed by atoms with Crippen LogP contribution in [-0.2, 0) is 19.6 Å². The molecular weight excluding hydrogens is 402 g/mol. The third kappa shape index (κ3) is 5.82. The van der Waals surface area contributed by atoms with Gasteiger partial charge in [0.2, 0.25) is 21.8 Å². The molecule has 166 valence electrons. The molecule has 1 aliphatic carbocycles. The van der Waals surface area contributed by atoms with Gasteiger partial charge in [-0.2, -0.15) is 4.72 Å². The number of carbonyl (C=O) groups is 2. The molecule has 0 unspecified atom stereocenters. The van der Waals surface area contributed by atoms with Crippen LogP contribution in [0.2, 0.25) is 0 Å². The fourth-order valence-electron chi connectivity index (χ4n) is 3.72. The Morgan fingerprint density at radius 2 is 1.80 bits per heavy atom. The summed E-state index contributed by atoms with van der Waals surface area (Å²) in [5.41, 5.74) is 0.963. The van der Waals surface area contributed by atoms with E-state index in [0.29, 0.717) is 25.6 Å². The second kappa shape index (κ2) is 9.47. The lowest BCUT2D eigenvalue weighted by atomic mass is 9.95. The van der Waals surface area contributed by atoms with Crippen molar-refractivity contribution in [2.75, 3.05) is 19.6 Å². The molecule has 2 fully saturated rings. The van der Waals surface area contributed by atoms with Crippen LogP contribution >= 0.6 is 0 Å². The normalized spacial score (nSPS) is 20.8. The number of hydrogen-bond acceptors (Lipinski definition) is 4. The SMILES string of the molecule is Cc1ccc(S(=O)(=O)N[C@@H](C(=O)N2CCC[C@H](C(=O)NCC3CC3)C2)C(C)C)cc1. The second-order valence-corrected chi connectivity index (χ2v) is 10.7. The van der Waals surface area contributed by atoms with Gasteiger partial charge in [0, 0.05) is 19.6 Å². The van der Waals surface area contributed by atoms with Gasteiger partial charge in [0.1, 0.15) is 6.04 Å². The van der Waals surface area contributed by atoms with Crippen LogP contribution in [0.5, 0.6) is 0 Å². The minimum Gasteiger partial charge on any atom is -0.356 e. The number of nitrogens with one attached hydrogen (secondary N) is 2. The van der Waals surface area contributed by atoms with Crippen molar-refractivity contribution >= 4 is 21.8 Å². The number of aryl methyl sites for hydroxylation is 1. The monoisotopic (exact) mass is 435 g/mol. The Hall–Kier alpha value is -1.93. The molecule has 2 amide bonds. The lowest BCUT2D eigenvalue weighted by molar-refractivity contribution is -0.138. The van der Waals surface area contributed by atoms with E-state index in [-0.39, 0.29) is 28.5 Å². The average molecular weight is 436 g/mol. The molecule has 1 saturated carbocycles. The number of nitrogens with zero attached hydrogens (tertiary/aromatic N) is 1. The van der Waals surface area contributed by atoms with Crippen LogP contribution in [0.15, 0.2) is 29.2 Å². The maximum Gasteiger partial charge on any atom is 0.241 e. The van der Waals surface area contributed by atoms with Crippen LogP contribution in [0, 0.1) is 24.7 Å². The summed E-state index contributed by atoms with van der Waals surface area (Å²) in [6, 6.07) is 5.68. The topological polar surface area (TPSA) is 95.6 Å². The first-order valence-electron chi connectivity index (χ1n) is 10.8. The highest BCUT2D eigenvalue weighted by Gasteiger charge is 2.35. The van der Waals surface area contributed by atoms with Crippen LogP contribution in [0.25, 0.3) is 0 Å². The maximum atomic E-state index is 13.2. The lowest BCUT2D eigenvalue weighted by Gasteiger charge is -2.35. The van der Waals surface area contributed by atoms with E-state index in [1.165, 1.54) is 12.8 Å². The fraction of sp³-hybridized carbons (Fsp3) is 0.636. The Kier molecular flexibility index (Phi) is 7.18. The van der Waals surface area contributed by atoms with Crippen molar-refractivity contribution in [3.8, 4) is 0 Å². The number of benzene rings is 1. The summed E-state index contributed by atoms with van der Waals surface area (Å²) in [6.45, 7) is 7.13. The van der Waals surface area contributed by atoms with E-state index in [2.05, 4.69) is 10.0 Å². The lowest BCUT2D eigenvalue weighted by Crippen LogP contribution is -2.54. The molecule has 1 aromatic carbocycles. The summed E-state index contributed by atoms with van der Waals surface area (Å²) < 4.78 is 28.3. The standard InChI is InChI=1S/C22H33N3O4S/c1-15(2)20(24-30(28,29)19-10-6-16(3)7-11-19)22(27)25-12-4-5-18(14-25)21(26)23-13-17-8-9-17/h6-7,10-11,15,17-18,20,24H,4-5,8-9,12-14H2,1-3H3,(H,23,26)/t18-,20+/m0/s1. The molecule has 0 spiro atoms. The van der Waals surface area contributed by atoms with Crippen LogP contribution in [0.1, 0.15) is 45.1 Å². The molecule has 0 radical (unpaired) electrons. The largest absolute Gasteiger partial charge is 0.356 e. The summed E-state index contributed by atoms with van der Waals surface area (Å²) in [7, 11) is -3.82. The van der Waals surface area contributed by atoms with Crippen molar-refractivity contribution in [2.45, 2.75) is 57.4 Å².